The molecule has 2 aromatic rings. The quantitative estimate of drug-likeness (QED) is 0.478. The minimum atomic E-state index is -3.81. The smallest absolute Gasteiger partial charge is 0.244 e. The standard InChI is InChI=1S/C22H26BrCl2N3O4S/c1-5-20(22(30)26-3)27(12-16-18(24)7-6-8-19(16)25)21(29)13-28(33(4,31)32)15-9-10-17(23)14(2)11-15/h6-11,20H,5,12-13H2,1-4H3,(H,26,30)/t20-/m0/s1. The molecule has 11 heteroatoms. The Bertz CT molecular complexity index is 1120. The third-order valence-corrected chi connectivity index (χ3v) is 7.87. The molecule has 0 bridgehead atoms. The van der Waals surface area contributed by atoms with Crippen LogP contribution in [0.25, 0.3) is 0 Å². The number of nitrogens with zero attached hydrogens (tertiary/aromatic N) is 2. The second-order valence-corrected chi connectivity index (χ2v) is 11.0. The zero-order chi connectivity index (χ0) is 24.9. The van der Waals surface area contributed by atoms with Gasteiger partial charge in [0.25, 0.3) is 0 Å². The molecule has 0 aliphatic carbocycles. The van der Waals surface area contributed by atoms with Crippen LogP contribution in [0.15, 0.2) is 40.9 Å². The molecule has 33 heavy (non-hydrogen) atoms. The number of hydrogen-bond donors (Lipinski definition) is 1. The van der Waals surface area contributed by atoms with E-state index in [9.17, 15) is 18.0 Å². The first-order chi connectivity index (χ1) is 15.4. The van der Waals surface area contributed by atoms with Crippen LogP contribution in [0.5, 0.6) is 0 Å². The lowest BCUT2D eigenvalue weighted by molar-refractivity contribution is -0.140. The largest absolute Gasteiger partial charge is 0.357 e. The van der Waals surface area contributed by atoms with Gasteiger partial charge in [-0.1, -0.05) is 52.1 Å². The van der Waals surface area contributed by atoms with Gasteiger partial charge in [0.1, 0.15) is 12.6 Å². The van der Waals surface area contributed by atoms with Crippen molar-refractivity contribution in [3.05, 3.63) is 62.0 Å². The van der Waals surface area contributed by atoms with Crippen LogP contribution in [0.1, 0.15) is 24.5 Å². The number of sulfonamides is 1. The highest BCUT2D eigenvalue weighted by molar-refractivity contribution is 9.10. The van der Waals surface area contributed by atoms with Gasteiger partial charge in [-0.3, -0.25) is 13.9 Å². The van der Waals surface area contributed by atoms with Crippen molar-refractivity contribution in [2.24, 2.45) is 0 Å². The molecule has 0 fully saturated rings. The van der Waals surface area contributed by atoms with E-state index in [1.54, 1.807) is 43.3 Å². The molecule has 180 valence electrons. The summed E-state index contributed by atoms with van der Waals surface area (Å²) in [5.74, 6) is -0.938. The van der Waals surface area contributed by atoms with Gasteiger partial charge >= 0.3 is 0 Å². The fourth-order valence-electron chi connectivity index (χ4n) is 3.34. The topological polar surface area (TPSA) is 86.8 Å². The number of likely N-dealkylation sites (N-methyl/N-ethyl adjacent to an activating group) is 1. The molecule has 0 aromatic heterocycles. The summed E-state index contributed by atoms with van der Waals surface area (Å²) in [5, 5.41) is 3.25. The van der Waals surface area contributed by atoms with Gasteiger partial charge in [0.2, 0.25) is 21.8 Å². The summed E-state index contributed by atoms with van der Waals surface area (Å²) in [6, 6.07) is 9.11. The molecule has 1 atom stereocenters. The van der Waals surface area contributed by atoms with Crippen LogP contribution in [0, 0.1) is 6.92 Å². The molecular formula is C22H26BrCl2N3O4S. The normalized spacial score (nSPS) is 12.2. The van der Waals surface area contributed by atoms with Gasteiger partial charge in [-0.2, -0.15) is 0 Å². The van der Waals surface area contributed by atoms with Crippen LogP contribution < -0.4 is 9.62 Å². The predicted octanol–water partition coefficient (Wildman–Crippen LogP) is 4.38. The maximum Gasteiger partial charge on any atom is 0.244 e. The van der Waals surface area contributed by atoms with E-state index < -0.39 is 28.5 Å². The van der Waals surface area contributed by atoms with Crippen LogP contribution in [-0.2, 0) is 26.2 Å². The lowest BCUT2D eigenvalue weighted by atomic mass is 10.1. The minimum Gasteiger partial charge on any atom is -0.357 e. The van der Waals surface area contributed by atoms with Crippen LogP contribution >= 0.6 is 39.1 Å². The third-order valence-electron chi connectivity index (χ3n) is 5.13. The average Bonchev–Trinajstić information content (AvgIpc) is 2.74. The zero-order valence-corrected chi connectivity index (χ0v) is 22.6. The monoisotopic (exact) mass is 577 g/mol. The number of nitrogens with one attached hydrogen (secondary N) is 1. The highest BCUT2D eigenvalue weighted by Crippen LogP contribution is 2.28. The number of carbonyl (C=O) groups is 2. The van der Waals surface area contributed by atoms with Gasteiger partial charge in [0.15, 0.2) is 0 Å². The molecule has 2 rings (SSSR count). The van der Waals surface area contributed by atoms with Crippen LogP contribution in [0.2, 0.25) is 10.0 Å². The van der Waals surface area contributed by atoms with Crippen molar-refractivity contribution in [2.75, 3.05) is 24.2 Å². The van der Waals surface area contributed by atoms with Crippen molar-refractivity contribution >= 4 is 66.7 Å². The van der Waals surface area contributed by atoms with Gasteiger partial charge in [0, 0.05) is 33.7 Å². The van der Waals surface area contributed by atoms with Crippen molar-refractivity contribution in [3.63, 3.8) is 0 Å². The molecule has 2 aromatic carbocycles. The Kier molecular flexibility index (Phi) is 9.60. The average molecular weight is 579 g/mol. The molecular weight excluding hydrogens is 553 g/mol. The molecule has 2 amide bonds. The first-order valence-electron chi connectivity index (χ1n) is 10.1. The Hall–Kier alpha value is -1.81. The SMILES string of the molecule is CC[C@@H](C(=O)NC)N(Cc1c(Cl)cccc1Cl)C(=O)CN(c1ccc(Br)c(C)c1)S(C)(=O)=O. The number of anilines is 1. The fourth-order valence-corrected chi connectivity index (χ4v) is 4.94. The van der Waals surface area contributed by atoms with Crippen molar-refractivity contribution < 1.29 is 18.0 Å². The fraction of sp³-hybridized carbons (Fsp3) is 0.364. The Labute approximate surface area is 213 Å². The number of halogens is 3. The minimum absolute atomic E-state index is 0.0553. The van der Waals surface area contributed by atoms with E-state index in [0.29, 0.717) is 27.7 Å². The van der Waals surface area contributed by atoms with Crippen molar-refractivity contribution in [3.8, 4) is 0 Å². The molecule has 0 spiro atoms. The van der Waals surface area contributed by atoms with Crippen molar-refractivity contribution in [1.29, 1.82) is 0 Å². The van der Waals surface area contributed by atoms with E-state index in [2.05, 4.69) is 21.2 Å². The molecule has 0 radical (unpaired) electrons. The summed E-state index contributed by atoms with van der Waals surface area (Å²) in [5.41, 5.74) is 1.63. The number of carbonyl (C=O) groups excluding carboxylic acids is 2. The first kappa shape index (κ1) is 27.4. The highest BCUT2D eigenvalue weighted by Gasteiger charge is 2.32. The Morgan fingerprint density at radius 3 is 2.24 bits per heavy atom. The van der Waals surface area contributed by atoms with Gasteiger partial charge in [-0.05, 0) is 49.2 Å². The predicted molar refractivity (Wildman–Crippen MR) is 136 cm³/mol. The van der Waals surface area contributed by atoms with Crippen LogP contribution in [0.3, 0.4) is 0 Å². The van der Waals surface area contributed by atoms with E-state index in [1.807, 2.05) is 6.92 Å². The number of benzene rings is 2. The maximum atomic E-state index is 13.5. The first-order valence-corrected chi connectivity index (χ1v) is 13.5. The maximum absolute atomic E-state index is 13.5. The molecule has 1 N–H and O–H groups in total. The van der Waals surface area contributed by atoms with E-state index in [0.717, 1.165) is 20.6 Å². The van der Waals surface area contributed by atoms with E-state index in [1.165, 1.54) is 11.9 Å². The molecule has 0 heterocycles. The van der Waals surface area contributed by atoms with Crippen LogP contribution in [-0.4, -0.2) is 51.0 Å². The highest BCUT2D eigenvalue weighted by atomic mass is 79.9. The Balaban J connectivity index is 2.51. The molecule has 0 unspecified atom stereocenters. The van der Waals surface area contributed by atoms with Gasteiger partial charge < -0.3 is 10.2 Å². The molecule has 0 saturated carbocycles. The lowest BCUT2D eigenvalue weighted by Gasteiger charge is -2.33. The summed E-state index contributed by atoms with van der Waals surface area (Å²) in [6.07, 6.45) is 1.34. The zero-order valence-electron chi connectivity index (χ0n) is 18.7. The van der Waals surface area contributed by atoms with Crippen molar-refractivity contribution in [1.82, 2.24) is 10.2 Å². The summed E-state index contributed by atoms with van der Waals surface area (Å²) < 4.78 is 27.0. The number of aryl methyl sites for hydroxylation is 1. The van der Waals surface area contributed by atoms with Gasteiger partial charge in [0.05, 0.1) is 11.9 Å². The second kappa shape index (κ2) is 11.6. The van der Waals surface area contributed by atoms with Crippen LogP contribution in [0.4, 0.5) is 5.69 Å². The van der Waals surface area contributed by atoms with Gasteiger partial charge in [-0.25, -0.2) is 8.42 Å². The summed E-state index contributed by atoms with van der Waals surface area (Å²) in [7, 11) is -2.33. The number of rotatable bonds is 9. The molecule has 0 aliphatic heterocycles. The second-order valence-electron chi connectivity index (χ2n) is 7.46. The summed E-state index contributed by atoms with van der Waals surface area (Å²) in [6.45, 7) is 3.04. The lowest BCUT2D eigenvalue weighted by Crippen LogP contribution is -2.51. The molecule has 7 nitrogen and oxygen atoms in total. The van der Waals surface area contributed by atoms with E-state index in [-0.39, 0.29) is 12.5 Å². The van der Waals surface area contributed by atoms with Crippen molar-refractivity contribution in [2.45, 2.75) is 32.9 Å². The summed E-state index contributed by atoms with van der Waals surface area (Å²) >= 11 is 16.0. The third kappa shape index (κ3) is 6.85. The number of amides is 2. The van der Waals surface area contributed by atoms with E-state index >= 15 is 0 Å². The molecule has 0 aliphatic rings. The van der Waals surface area contributed by atoms with E-state index in [4.69, 9.17) is 23.2 Å². The van der Waals surface area contributed by atoms with Gasteiger partial charge in [-0.15, -0.1) is 0 Å². The Morgan fingerprint density at radius 1 is 1.15 bits per heavy atom. The number of hydrogen-bond acceptors (Lipinski definition) is 4. The summed E-state index contributed by atoms with van der Waals surface area (Å²) in [4.78, 5) is 27.4. The molecule has 0 saturated heterocycles. The Morgan fingerprint density at radius 2 is 1.76 bits per heavy atom.